The van der Waals surface area contributed by atoms with E-state index in [1.165, 1.54) is 6.92 Å². The van der Waals surface area contributed by atoms with Crippen molar-refractivity contribution in [2.45, 2.75) is 13.1 Å². The van der Waals surface area contributed by atoms with Crippen molar-refractivity contribution in [1.29, 1.82) is 5.26 Å². The number of hydrogen-bond donors (Lipinski definition) is 0. The molecule has 1 aromatic rings. The lowest BCUT2D eigenvalue weighted by atomic mass is 10.1. The van der Waals surface area contributed by atoms with Crippen LogP contribution < -0.4 is 4.74 Å². The summed E-state index contributed by atoms with van der Waals surface area (Å²) < 4.78 is 42.0. The van der Waals surface area contributed by atoms with Crippen LogP contribution in [0, 0.1) is 11.3 Å². The van der Waals surface area contributed by atoms with E-state index in [9.17, 15) is 18.0 Å². The van der Waals surface area contributed by atoms with Crippen molar-refractivity contribution in [1.82, 2.24) is 0 Å². The van der Waals surface area contributed by atoms with Crippen LogP contribution in [0.2, 0.25) is 0 Å². The molecule has 0 fully saturated rings. The quantitative estimate of drug-likeness (QED) is 0.819. The third kappa shape index (κ3) is 3.48. The molecule has 3 nitrogen and oxygen atoms in total. The van der Waals surface area contributed by atoms with Crippen LogP contribution in [-0.2, 0) is 11.0 Å². The summed E-state index contributed by atoms with van der Waals surface area (Å²) in [5, 5.41) is 8.68. The Bertz CT molecular complexity index is 475. The number of carbonyl (C=O) groups is 1. The highest BCUT2D eigenvalue weighted by atomic mass is 19.4. The van der Waals surface area contributed by atoms with Gasteiger partial charge in [0.2, 0.25) is 0 Å². The molecule has 0 saturated carbocycles. The summed E-state index contributed by atoms with van der Waals surface area (Å²) in [7, 11) is 0. The van der Waals surface area contributed by atoms with Crippen LogP contribution in [0.25, 0.3) is 0 Å². The van der Waals surface area contributed by atoms with Gasteiger partial charge in [-0.2, -0.15) is 18.4 Å². The predicted molar refractivity (Wildman–Crippen MR) is 52.3 cm³/mol. The van der Waals surface area contributed by atoms with E-state index in [-0.39, 0.29) is 23.7 Å². The molecule has 0 radical (unpaired) electrons. The van der Waals surface area contributed by atoms with Gasteiger partial charge in [0, 0.05) is 0 Å². The Kier molecular flexibility index (Phi) is 3.73. The van der Waals surface area contributed by atoms with Crippen molar-refractivity contribution in [3.05, 3.63) is 29.3 Å². The van der Waals surface area contributed by atoms with E-state index in [0.717, 1.165) is 12.1 Å². The molecule has 1 aromatic carbocycles. The minimum Gasteiger partial charge on any atom is -0.484 e. The van der Waals surface area contributed by atoms with Gasteiger partial charge in [0.25, 0.3) is 0 Å². The van der Waals surface area contributed by atoms with E-state index in [2.05, 4.69) is 0 Å². The average molecular weight is 243 g/mol. The van der Waals surface area contributed by atoms with E-state index in [1.807, 2.05) is 0 Å². The van der Waals surface area contributed by atoms with Gasteiger partial charge in [-0.05, 0) is 25.1 Å². The Morgan fingerprint density at radius 3 is 2.59 bits per heavy atom. The van der Waals surface area contributed by atoms with Crippen molar-refractivity contribution in [3.63, 3.8) is 0 Å². The Hall–Kier alpha value is -2.03. The van der Waals surface area contributed by atoms with Crippen molar-refractivity contribution in [3.8, 4) is 11.8 Å². The lowest BCUT2D eigenvalue weighted by molar-refractivity contribution is -0.137. The summed E-state index contributed by atoms with van der Waals surface area (Å²) in [6.07, 6.45) is -4.51. The number of ether oxygens (including phenoxy) is 1. The molecule has 0 unspecified atom stereocenters. The van der Waals surface area contributed by atoms with Gasteiger partial charge < -0.3 is 4.74 Å². The number of nitrogens with zero attached hydrogens (tertiary/aromatic N) is 1. The standard InChI is InChI=1S/C11H8F3NO2/c1-7(16)6-17-10-4-9(11(12,13)14)3-2-8(10)5-15/h2-4H,6H2,1H3. The zero-order chi connectivity index (χ0) is 13.1. The molecule has 0 aliphatic rings. The summed E-state index contributed by atoms with van der Waals surface area (Å²) in [6.45, 7) is 0.871. The van der Waals surface area contributed by atoms with Gasteiger partial charge >= 0.3 is 6.18 Å². The summed E-state index contributed by atoms with van der Waals surface area (Å²) in [6, 6.07) is 4.21. The molecular weight excluding hydrogens is 235 g/mol. The third-order valence-electron chi connectivity index (χ3n) is 1.86. The van der Waals surface area contributed by atoms with Crippen LogP contribution in [0.3, 0.4) is 0 Å². The summed E-state index contributed by atoms with van der Waals surface area (Å²) >= 11 is 0. The lowest BCUT2D eigenvalue weighted by Gasteiger charge is -2.10. The second-order valence-electron chi connectivity index (χ2n) is 3.31. The van der Waals surface area contributed by atoms with Crippen LogP contribution in [0.5, 0.6) is 5.75 Å². The number of carbonyl (C=O) groups excluding carboxylic acids is 1. The number of halogens is 3. The van der Waals surface area contributed by atoms with Gasteiger partial charge in [-0.1, -0.05) is 0 Å². The van der Waals surface area contributed by atoms with Crippen LogP contribution >= 0.6 is 0 Å². The maximum Gasteiger partial charge on any atom is 0.416 e. The molecule has 0 aliphatic carbocycles. The summed E-state index contributed by atoms with van der Waals surface area (Å²) in [5.74, 6) is -0.580. The zero-order valence-corrected chi connectivity index (χ0v) is 8.84. The van der Waals surface area contributed by atoms with Crippen LogP contribution in [0.15, 0.2) is 18.2 Å². The summed E-state index contributed by atoms with van der Waals surface area (Å²) in [5.41, 5.74) is -0.964. The molecule has 6 heteroatoms. The molecule has 0 amide bonds. The van der Waals surface area contributed by atoms with E-state index in [4.69, 9.17) is 10.00 Å². The Balaban J connectivity index is 3.08. The van der Waals surface area contributed by atoms with E-state index < -0.39 is 11.7 Å². The maximum atomic E-state index is 12.4. The van der Waals surface area contributed by atoms with Gasteiger partial charge in [0.15, 0.2) is 5.78 Å². The molecule has 0 bridgehead atoms. The van der Waals surface area contributed by atoms with E-state index in [1.54, 1.807) is 6.07 Å². The minimum absolute atomic E-state index is 0.0424. The highest BCUT2D eigenvalue weighted by Gasteiger charge is 2.31. The van der Waals surface area contributed by atoms with Gasteiger partial charge in [-0.15, -0.1) is 0 Å². The molecular formula is C11H8F3NO2. The van der Waals surface area contributed by atoms with Crippen LogP contribution in [0.4, 0.5) is 13.2 Å². The molecule has 90 valence electrons. The minimum atomic E-state index is -4.51. The van der Waals surface area contributed by atoms with E-state index in [0.29, 0.717) is 6.07 Å². The normalized spacial score (nSPS) is 10.8. The fraction of sp³-hybridized carbons (Fsp3) is 0.273. The maximum absolute atomic E-state index is 12.4. The second-order valence-corrected chi connectivity index (χ2v) is 3.31. The van der Waals surface area contributed by atoms with Crippen molar-refractivity contribution >= 4 is 5.78 Å². The predicted octanol–water partition coefficient (Wildman–Crippen LogP) is 2.54. The third-order valence-corrected chi connectivity index (χ3v) is 1.86. The first-order valence-electron chi connectivity index (χ1n) is 4.58. The monoisotopic (exact) mass is 243 g/mol. The van der Waals surface area contributed by atoms with Gasteiger partial charge in [-0.25, -0.2) is 0 Å². The molecule has 0 aliphatic heterocycles. The zero-order valence-electron chi connectivity index (χ0n) is 8.84. The number of nitriles is 1. The fourth-order valence-corrected chi connectivity index (χ4v) is 1.09. The Morgan fingerprint density at radius 2 is 2.12 bits per heavy atom. The molecule has 0 atom stereocenters. The smallest absolute Gasteiger partial charge is 0.416 e. The highest BCUT2D eigenvalue weighted by Crippen LogP contribution is 2.32. The molecule has 0 spiro atoms. The molecule has 0 saturated heterocycles. The van der Waals surface area contributed by atoms with Crippen LogP contribution in [-0.4, -0.2) is 12.4 Å². The molecule has 0 aromatic heterocycles. The number of Topliss-reactive ketones (excluding diaryl/α,β-unsaturated/α-hetero) is 1. The van der Waals surface area contributed by atoms with Gasteiger partial charge in [-0.3, -0.25) is 4.79 Å². The second kappa shape index (κ2) is 4.87. The fourth-order valence-electron chi connectivity index (χ4n) is 1.09. The average Bonchev–Trinajstić information content (AvgIpc) is 2.24. The highest BCUT2D eigenvalue weighted by molar-refractivity contribution is 5.77. The Morgan fingerprint density at radius 1 is 1.47 bits per heavy atom. The first-order chi connectivity index (χ1) is 7.84. The summed E-state index contributed by atoms with van der Waals surface area (Å²) in [4.78, 5) is 10.7. The Labute approximate surface area is 95.4 Å². The van der Waals surface area contributed by atoms with Gasteiger partial charge in [0.1, 0.15) is 18.4 Å². The number of hydrogen-bond acceptors (Lipinski definition) is 3. The molecule has 0 heterocycles. The SMILES string of the molecule is CC(=O)COc1cc(C(F)(F)F)ccc1C#N. The van der Waals surface area contributed by atoms with Crippen molar-refractivity contribution in [2.75, 3.05) is 6.61 Å². The number of rotatable bonds is 3. The number of benzene rings is 1. The van der Waals surface area contributed by atoms with E-state index >= 15 is 0 Å². The largest absolute Gasteiger partial charge is 0.484 e. The molecule has 17 heavy (non-hydrogen) atoms. The first-order valence-corrected chi connectivity index (χ1v) is 4.58. The van der Waals surface area contributed by atoms with Crippen molar-refractivity contribution < 1.29 is 22.7 Å². The number of ketones is 1. The number of alkyl halides is 3. The molecule has 0 N–H and O–H groups in total. The van der Waals surface area contributed by atoms with Gasteiger partial charge in [0.05, 0.1) is 11.1 Å². The lowest BCUT2D eigenvalue weighted by Crippen LogP contribution is -2.10. The topological polar surface area (TPSA) is 50.1 Å². The van der Waals surface area contributed by atoms with Crippen LogP contribution in [0.1, 0.15) is 18.1 Å². The van der Waals surface area contributed by atoms with Crippen molar-refractivity contribution in [2.24, 2.45) is 0 Å². The first kappa shape index (κ1) is 13.0. The molecule has 1 rings (SSSR count).